The molecule has 7 heteroatoms. The molecule has 0 fully saturated rings. The van der Waals surface area contributed by atoms with Crippen LogP contribution in [0.25, 0.3) is 22.3 Å². The van der Waals surface area contributed by atoms with Crippen molar-refractivity contribution in [1.82, 2.24) is 0 Å². The molecule has 0 atom stereocenters. The summed E-state index contributed by atoms with van der Waals surface area (Å²) in [6.45, 7) is 0. The van der Waals surface area contributed by atoms with Gasteiger partial charge in [-0.2, -0.15) is 13.2 Å². The molecule has 4 rings (SSSR count). The summed E-state index contributed by atoms with van der Waals surface area (Å²) in [5, 5.41) is 12.4. The van der Waals surface area contributed by atoms with Gasteiger partial charge in [0.05, 0.1) is 5.56 Å². The minimum Gasteiger partial charge on any atom is -0.449 e. The Bertz CT molecular complexity index is 1260. The molecule has 0 unspecified atom stereocenters. The zero-order valence-electron chi connectivity index (χ0n) is 17.1. The van der Waals surface area contributed by atoms with E-state index in [0.29, 0.717) is 17.2 Å². The predicted octanol–water partition coefficient (Wildman–Crippen LogP) is 7.84. The Morgan fingerprint density at radius 3 is 1.91 bits per heavy atom. The normalized spacial score (nSPS) is 11.1. The number of anilines is 2. The SMILES string of the molecule is O=C(O)Oc1cc(C(F)(F)F)cc(-c2ccccc2)c1-c1ccc(Nc2ccccc2)cc1. The Kier molecular flexibility index (Phi) is 6.04. The first-order chi connectivity index (χ1) is 15.8. The first kappa shape index (κ1) is 22.0. The zero-order chi connectivity index (χ0) is 23.4. The van der Waals surface area contributed by atoms with Crippen LogP contribution in [0.5, 0.6) is 5.75 Å². The quantitative estimate of drug-likeness (QED) is 0.241. The van der Waals surface area contributed by atoms with Crippen LogP contribution in [0, 0.1) is 0 Å². The number of para-hydroxylation sites is 1. The zero-order valence-corrected chi connectivity index (χ0v) is 17.1. The van der Waals surface area contributed by atoms with Gasteiger partial charge in [0, 0.05) is 16.9 Å². The maximum absolute atomic E-state index is 13.6. The van der Waals surface area contributed by atoms with Crippen molar-refractivity contribution in [3.63, 3.8) is 0 Å². The van der Waals surface area contributed by atoms with Gasteiger partial charge in [-0.05, 0) is 53.1 Å². The van der Waals surface area contributed by atoms with Crippen LogP contribution in [0.3, 0.4) is 0 Å². The third kappa shape index (κ3) is 5.15. The molecule has 0 bridgehead atoms. The summed E-state index contributed by atoms with van der Waals surface area (Å²) >= 11 is 0. The van der Waals surface area contributed by atoms with Crippen LogP contribution in [0.2, 0.25) is 0 Å². The van der Waals surface area contributed by atoms with Gasteiger partial charge in [0.25, 0.3) is 0 Å². The molecule has 166 valence electrons. The van der Waals surface area contributed by atoms with Crippen molar-refractivity contribution in [3.8, 4) is 28.0 Å². The number of carboxylic acid groups (broad SMARTS) is 1. The van der Waals surface area contributed by atoms with E-state index >= 15 is 0 Å². The van der Waals surface area contributed by atoms with Crippen LogP contribution < -0.4 is 10.1 Å². The van der Waals surface area contributed by atoms with Gasteiger partial charge in [0.2, 0.25) is 0 Å². The van der Waals surface area contributed by atoms with E-state index in [4.69, 9.17) is 4.74 Å². The standard InChI is InChI=1S/C26H18F3NO3/c27-26(28,29)19-15-22(17-7-3-1-4-8-17)24(23(16-19)33-25(31)32)18-11-13-21(14-12-18)30-20-9-5-2-6-10-20/h1-16,30H,(H,31,32). The Morgan fingerprint density at radius 2 is 1.33 bits per heavy atom. The van der Waals surface area contributed by atoms with Crippen LogP contribution in [0.1, 0.15) is 5.56 Å². The van der Waals surface area contributed by atoms with E-state index in [-0.39, 0.29) is 16.9 Å². The van der Waals surface area contributed by atoms with E-state index < -0.39 is 17.9 Å². The van der Waals surface area contributed by atoms with E-state index in [1.807, 2.05) is 30.3 Å². The van der Waals surface area contributed by atoms with Crippen LogP contribution in [-0.2, 0) is 6.18 Å². The lowest BCUT2D eigenvalue weighted by molar-refractivity contribution is -0.137. The van der Waals surface area contributed by atoms with Crippen molar-refractivity contribution in [3.05, 3.63) is 103 Å². The third-order valence-corrected chi connectivity index (χ3v) is 4.95. The lowest BCUT2D eigenvalue weighted by atomic mass is 9.91. The van der Waals surface area contributed by atoms with Gasteiger partial charge in [-0.25, -0.2) is 4.79 Å². The van der Waals surface area contributed by atoms with Gasteiger partial charge in [-0.15, -0.1) is 0 Å². The number of rotatable bonds is 5. The minimum absolute atomic E-state index is 0.213. The van der Waals surface area contributed by atoms with Gasteiger partial charge in [-0.1, -0.05) is 60.7 Å². The summed E-state index contributed by atoms with van der Waals surface area (Å²) in [6, 6.07) is 26.6. The molecule has 33 heavy (non-hydrogen) atoms. The lowest BCUT2D eigenvalue weighted by Gasteiger charge is -2.18. The molecule has 4 aromatic carbocycles. The average molecular weight is 449 g/mol. The summed E-state index contributed by atoms with van der Waals surface area (Å²) in [5.41, 5.74) is 2.12. The maximum atomic E-state index is 13.6. The Labute approximate surface area is 187 Å². The van der Waals surface area contributed by atoms with Crippen molar-refractivity contribution >= 4 is 17.5 Å². The molecule has 0 amide bonds. The highest BCUT2D eigenvalue weighted by atomic mass is 19.4. The topological polar surface area (TPSA) is 58.6 Å². The van der Waals surface area contributed by atoms with Gasteiger partial charge >= 0.3 is 12.3 Å². The number of carbonyl (C=O) groups is 1. The van der Waals surface area contributed by atoms with E-state index in [1.165, 1.54) is 0 Å². The van der Waals surface area contributed by atoms with Crippen molar-refractivity contribution in [2.45, 2.75) is 6.18 Å². The molecule has 0 heterocycles. The first-order valence-electron chi connectivity index (χ1n) is 9.95. The minimum atomic E-state index is -4.68. The van der Waals surface area contributed by atoms with Gasteiger partial charge in [0.15, 0.2) is 0 Å². The number of nitrogens with one attached hydrogen (secondary N) is 1. The molecule has 0 saturated heterocycles. The first-order valence-corrected chi connectivity index (χ1v) is 9.95. The molecule has 0 spiro atoms. The molecule has 2 N–H and O–H groups in total. The summed E-state index contributed by atoms with van der Waals surface area (Å²) in [5.74, 6) is -0.389. The summed E-state index contributed by atoms with van der Waals surface area (Å²) in [6.07, 6.45) is -6.38. The fourth-order valence-electron chi connectivity index (χ4n) is 3.51. The highest BCUT2D eigenvalue weighted by molar-refractivity contribution is 5.90. The molecule has 0 aliphatic carbocycles. The van der Waals surface area contributed by atoms with E-state index in [2.05, 4.69) is 5.32 Å². The number of alkyl halides is 3. The molecular weight excluding hydrogens is 431 g/mol. The second kappa shape index (κ2) is 9.08. The highest BCUT2D eigenvalue weighted by Crippen LogP contribution is 2.44. The Balaban J connectivity index is 1.86. The molecular formula is C26H18F3NO3. The van der Waals surface area contributed by atoms with Gasteiger partial charge < -0.3 is 15.2 Å². The second-order valence-electron chi connectivity index (χ2n) is 7.20. The van der Waals surface area contributed by atoms with Crippen LogP contribution in [0.4, 0.5) is 29.3 Å². The smallest absolute Gasteiger partial charge is 0.449 e. The Morgan fingerprint density at radius 1 is 0.758 bits per heavy atom. The monoisotopic (exact) mass is 449 g/mol. The lowest BCUT2D eigenvalue weighted by Crippen LogP contribution is -2.10. The largest absolute Gasteiger partial charge is 0.511 e. The van der Waals surface area contributed by atoms with Crippen molar-refractivity contribution < 1.29 is 27.8 Å². The second-order valence-corrected chi connectivity index (χ2v) is 7.20. The van der Waals surface area contributed by atoms with Crippen LogP contribution in [0.15, 0.2) is 97.1 Å². The fourth-order valence-corrected chi connectivity index (χ4v) is 3.51. The number of hydrogen-bond acceptors (Lipinski definition) is 3. The number of benzene rings is 4. The van der Waals surface area contributed by atoms with Crippen LogP contribution >= 0.6 is 0 Å². The predicted molar refractivity (Wildman–Crippen MR) is 121 cm³/mol. The Hall–Kier alpha value is -4.26. The highest BCUT2D eigenvalue weighted by Gasteiger charge is 2.33. The molecule has 0 aromatic heterocycles. The van der Waals surface area contributed by atoms with Gasteiger partial charge in [-0.3, -0.25) is 0 Å². The number of ether oxygens (including phenoxy) is 1. The van der Waals surface area contributed by atoms with E-state index in [0.717, 1.165) is 17.4 Å². The van der Waals surface area contributed by atoms with Crippen molar-refractivity contribution in [2.75, 3.05) is 5.32 Å². The number of halogens is 3. The maximum Gasteiger partial charge on any atom is 0.511 e. The molecule has 4 nitrogen and oxygen atoms in total. The number of hydrogen-bond donors (Lipinski definition) is 2. The van der Waals surface area contributed by atoms with Crippen LogP contribution in [-0.4, -0.2) is 11.3 Å². The van der Waals surface area contributed by atoms with E-state index in [9.17, 15) is 23.1 Å². The fraction of sp³-hybridized carbons (Fsp3) is 0.0385. The summed E-state index contributed by atoms with van der Waals surface area (Å²) < 4.78 is 45.6. The molecule has 0 aliphatic rings. The third-order valence-electron chi connectivity index (χ3n) is 4.95. The molecule has 0 radical (unpaired) electrons. The molecule has 0 saturated carbocycles. The van der Waals surface area contributed by atoms with Crippen molar-refractivity contribution in [1.29, 1.82) is 0 Å². The van der Waals surface area contributed by atoms with Crippen molar-refractivity contribution in [2.24, 2.45) is 0 Å². The van der Waals surface area contributed by atoms with Gasteiger partial charge in [0.1, 0.15) is 5.75 Å². The summed E-state index contributed by atoms with van der Waals surface area (Å²) in [4.78, 5) is 11.3. The summed E-state index contributed by atoms with van der Waals surface area (Å²) in [7, 11) is 0. The molecule has 0 aliphatic heterocycles. The van der Waals surface area contributed by atoms with E-state index in [1.54, 1.807) is 54.6 Å². The average Bonchev–Trinajstić information content (AvgIpc) is 2.79. The molecule has 4 aromatic rings.